The third-order valence-corrected chi connectivity index (χ3v) is 1.71. The lowest BCUT2D eigenvalue weighted by molar-refractivity contribution is 0.141. The van der Waals surface area contributed by atoms with E-state index in [-0.39, 0.29) is 5.56 Å². The van der Waals surface area contributed by atoms with E-state index in [0.29, 0.717) is 5.75 Å². The van der Waals surface area contributed by atoms with Gasteiger partial charge in [-0.1, -0.05) is 0 Å². The molecule has 1 rings (SSSR count). The molecule has 0 atom stereocenters. The SMILES string of the molecule is COc1cnc(C(F)F)c(O)c1C. The molecule has 0 saturated carbocycles. The van der Waals surface area contributed by atoms with Crippen molar-refractivity contribution in [1.82, 2.24) is 4.98 Å². The van der Waals surface area contributed by atoms with Crippen LogP contribution in [0.25, 0.3) is 0 Å². The molecule has 1 heterocycles. The van der Waals surface area contributed by atoms with Gasteiger partial charge in [-0.15, -0.1) is 0 Å². The van der Waals surface area contributed by atoms with Gasteiger partial charge in [-0.3, -0.25) is 0 Å². The summed E-state index contributed by atoms with van der Waals surface area (Å²) >= 11 is 0. The maximum Gasteiger partial charge on any atom is 0.284 e. The number of nitrogens with zero attached hydrogens (tertiary/aromatic N) is 1. The summed E-state index contributed by atoms with van der Waals surface area (Å²) in [7, 11) is 1.38. The Balaban J connectivity index is 3.23. The Bertz CT molecular complexity index is 315. The van der Waals surface area contributed by atoms with Crippen molar-refractivity contribution < 1.29 is 18.6 Å². The largest absolute Gasteiger partial charge is 0.505 e. The molecule has 1 aromatic rings. The lowest BCUT2D eigenvalue weighted by Crippen LogP contribution is -1.96. The zero-order chi connectivity index (χ0) is 10.0. The molecule has 0 fully saturated rings. The number of methoxy groups -OCH3 is 1. The van der Waals surface area contributed by atoms with Gasteiger partial charge in [0.05, 0.1) is 13.3 Å². The van der Waals surface area contributed by atoms with E-state index in [2.05, 4.69) is 4.98 Å². The smallest absolute Gasteiger partial charge is 0.284 e. The normalized spacial score (nSPS) is 10.5. The summed E-state index contributed by atoms with van der Waals surface area (Å²) in [6, 6.07) is 0. The molecule has 0 amide bonds. The van der Waals surface area contributed by atoms with Crippen molar-refractivity contribution >= 4 is 0 Å². The highest BCUT2D eigenvalue weighted by Gasteiger charge is 2.18. The molecule has 0 aliphatic carbocycles. The van der Waals surface area contributed by atoms with Crippen molar-refractivity contribution in [2.75, 3.05) is 7.11 Å². The second-order valence-corrected chi connectivity index (χ2v) is 2.49. The van der Waals surface area contributed by atoms with Gasteiger partial charge in [0.2, 0.25) is 0 Å². The zero-order valence-electron chi connectivity index (χ0n) is 7.21. The summed E-state index contributed by atoms with van der Waals surface area (Å²) in [4.78, 5) is 3.38. The number of hydrogen-bond acceptors (Lipinski definition) is 3. The number of aromatic hydroxyl groups is 1. The molecular weight excluding hydrogens is 180 g/mol. The van der Waals surface area contributed by atoms with Crippen LogP contribution in [0.5, 0.6) is 11.5 Å². The topological polar surface area (TPSA) is 42.4 Å². The van der Waals surface area contributed by atoms with E-state index in [9.17, 15) is 13.9 Å². The van der Waals surface area contributed by atoms with Gasteiger partial charge < -0.3 is 9.84 Å². The Labute approximate surface area is 74.0 Å². The third-order valence-electron chi connectivity index (χ3n) is 1.71. The molecule has 0 spiro atoms. The van der Waals surface area contributed by atoms with Gasteiger partial charge in [0, 0.05) is 5.56 Å². The molecule has 0 bridgehead atoms. The number of hydrogen-bond donors (Lipinski definition) is 1. The van der Waals surface area contributed by atoms with Gasteiger partial charge in [0.25, 0.3) is 6.43 Å². The van der Waals surface area contributed by atoms with Crippen molar-refractivity contribution in [3.8, 4) is 11.5 Å². The third kappa shape index (κ3) is 1.68. The highest BCUT2D eigenvalue weighted by molar-refractivity contribution is 5.44. The molecule has 1 aromatic heterocycles. The Hall–Kier alpha value is -1.39. The summed E-state index contributed by atoms with van der Waals surface area (Å²) in [6.07, 6.45) is -1.61. The summed E-state index contributed by atoms with van der Waals surface area (Å²) in [6.45, 7) is 1.49. The second-order valence-electron chi connectivity index (χ2n) is 2.49. The van der Waals surface area contributed by atoms with Crippen LogP contribution in [0, 0.1) is 6.92 Å². The van der Waals surface area contributed by atoms with Crippen LogP contribution in [-0.4, -0.2) is 17.2 Å². The fourth-order valence-corrected chi connectivity index (χ4v) is 0.960. The van der Waals surface area contributed by atoms with Gasteiger partial charge in [0.1, 0.15) is 17.2 Å². The number of ether oxygens (including phenoxy) is 1. The molecule has 0 aliphatic heterocycles. The molecule has 5 heteroatoms. The van der Waals surface area contributed by atoms with Crippen LogP contribution in [0.2, 0.25) is 0 Å². The maximum atomic E-state index is 12.2. The molecule has 3 nitrogen and oxygen atoms in total. The fraction of sp³-hybridized carbons (Fsp3) is 0.375. The van der Waals surface area contributed by atoms with Crippen molar-refractivity contribution in [3.63, 3.8) is 0 Å². The number of alkyl halides is 2. The Kier molecular flexibility index (Phi) is 2.65. The lowest BCUT2D eigenvalue weighted by atomic mass is 10.2. The highest BCUT2D eigenvalue weighted by Crippen LogP contribution is 2.33. The summed E-state index contributed by atoms with van der Waals surface area (Å²) < 4.78 is 29.2. The molecule has 0 aliphatic rings. The van der Waals surface area contributed by atoms with Crippen molar-refractivity contribution in [3.05, 3.63) is 17.5 Å². The summed E-state index contributed by atoms with van der Waals surface area (Å²) in [5.41, 5.74) is -0.342. The molecular formula is C8H9F2NO2. The standard InChI is InChI=1S/C8H9F2NO2/c1-4-5(13-2)3-11-6(7(4)12)8(9)10/h3,8,12H,1-2H3. The van der Waals surface area contributed by atoms with Gasteiger partial charge in [-0.25, -0.2) is 13.8 Å². The van der Waals surface area contributed by atoms with Crippen LogP contribution in [0.4, 0.5) is 8.78 Å². The number of pyridine rings is 1. The number of halogens is 2. The van der Waals surface area contributed by atoms with Crippen molar-refractivity contribution in [1.29, 1.82) is 0 Å². The van der Waals surface area contributed by atoms with Gasteiger partial charge in [0.15, 0.2) is 0 Å². The van der Waals surface area contributed by atoms with Crippen LogP contribution < -0.4 is 4.74 Å². The first-order valence-corrected chi connectivity index (χ1v) is 3.58. The van der Waals surface area contributed by atoms with E-state index in [4.69, 9.17) is 4.74 Å². The molecule has 0 radical (unpaired) electrons. The van der Waals surface area contributed by atoms with Crippen LogP contribution >= 0.6 is 0 Å². The minimum Gasteiger partial charge on any atom is -0.505 e. The predicted molar refractivity (Wildman–Crippen MR) is 42.1 cm³/mol. The summed E-state index contributed by atoms with van der Waals surface area (Å²) in [5, 5.41) is 9.26. The van der Waals surface area contributed by atoms with E-state index >= 15 is 0 Å². The minimum atomic E-state index is -2.77. The first-order chi connectivity index (χ1) is 6.07. The van der Waals surface area contributed by atoms with Crippen LogP contribution in [0.3, 0.4) is 0 Å². The van der Waals surface area contributed by atoms with Crippen LogP contribution in [0.1, 0.15) is 17.7 Å². The minimum absolute atomic E-state index is 0.271. The molecule has 1 N–H and O–H groups in total. The second kappa shape index (κ2) is 3.55. The van der Waals surface area contributed by atoms with E-state index in [1.54, 1.807) is 0 Å². The van der Waals surface area contributed by atoms with E-state index < -0.39 is 17.9 Å². The predicted octanol–water partition coefficient (Wildman–Crippen LogP) is 2.04. The molecule has 0 unspecified atom stereocenters. The molecule has 13 heavy (non-hydrogen) atoms. The lowest BCUT2D eigenvalue weighted by Gasteiger charge is -2.08. The van der Waals surface area contributed by atoms with E-state index in [1.165, 1.54) is 14.0 Å². The molecule has 0 saturated heterocycles. The molecule has 72 valence electrons. The average Bonchev–Trinajstić information content (AvgIpc) is 2.09. The fourth-order valence-electron chi connectivity index (χ4n) is 0.960. The average molecular weight is 189 g/mol. The number of rotatable bonds is 2. The maximum absolute atomic E-state index is 12.2. The van der Waals surface area contributed by atoms with Crippen LogP contribution in [-0.2, 0) is 0 Å². The van der Waals surface area contributed by atoms with Gasteiger partial charge in [-0.2, -0.15) is 0 Å². The first-order valence-electron chi connectivity index (χ1n) is 3.58. The van der Waals surface area contributed by atoms with Crippen LogP contribution in [0.15, 0.2) is 6.20 Å². The summed E-state index contributed by atoms with van der Waals surface area (Å²) in [5.74, 6) is -0.212. The first kappa shape index (κ1) is 9.70. The van der Waals surface area contributed by atoms with Crippen molar-refractivity contribution in [2.45, 2.75) is 13.3 Å². The number of aromatic nitrogens is 1. The van der Waals surface area contributed by atoms with Gasteiger partial charge in [-0.05, 0) is 6.92 Å². The quantitative estimate of drug-likeness (QED) is 0.774. The van der Waals surface area contributed by atoms with E-state index in [0.717, 1.165) is 6.20 Å². The Morgan fingerprint density at radius 2 is 2.15 bits per heavy atom. The Morgan fingerprint density at radius 1 is 1.54 bits per heavy atom. The van der Waals surface area contributed by atoms with Crippen molar-refractivity contribution in [2.24, 2.45) is 0 Å². The van der Waals surface area contributed by atoms with Gasteiger partial charge >= 0.3 is 0 Å². The van der Waals surface area contributed by atoms with E-state index in [1.807, 2.05) is 0 Å². The zero-order valence-corrected chi connectivity index (χ0v) is 7.21. The highest BCUT2D eigenvalue weighted by atomic mass is 19.3. The monoisotopic (exact) mass is 189 g/mol. The Morgan fingerprint density at radius 3 is 2.62 bits per heavy atom. The molecule has 0 aromatic carbocycles.